The average molecular weight is 299 g/mol. The van der Waals surface area contributed by atoms with E-state index in [4.69, 9.17) is 11.6 Å². The normalized spacial score (nSPS) is 11.2. The second kappa shape index (κ2) is 5.59. The molecule has 0 aliphatic rings. The second-order valence-electron chi connectivity index (χ2n) is 3.98. The van der Waals surface area contributed by atoms with E-state index in [2.05, 4.69) is 11.3 Å². The van der Waals surface area contributed by atoms with E-state index < -0.39 is 6.36 Å². The predicted octanol–water partition coefficient (Wildman–Crippen LogP) is 5.55. The van der Waals surface area contributed by atoms with E-state index in [0.717, 1.165) is 0 Å². The summed E-state index contributed by atoms with van der Waals surface area (Å²) in [6.45, 7) is 3.47. The smallest absolute Gasteiger partial charge is 0.405 e. The summed E-state index contributed by atoms with van der Waals surface area (Å²) >= 11 is 6.03. The molecule has 0 N–H and O–H groups in total. The molecule has 2 aromatic carbocycles. The molecule has 0 radical (unpaired) electrons. The Morgan fingerprint density at radius 3 is 2.40 bits per heavy atom. The van der Waals surface area contributed by atoms with Crippen molar-refractivity contribution in [2.75, 3.05) is 0 Å². The Kier molecular flexibility index (Phi) is 4.04. The zero-order chi connectivity index (χ0) is 14.8. The van der Waals surface area contributed by atoms with Gasteiger partial charge in [-0.2, -0.15) is 0 Å². The van der Waals surface area contributed by atoms with Crippen molar-refractivity contribution in [1.29, 1.82) is 0 Å². The second-order valence-corrected chi connectivity index (χ2v) is 4.39. The first-order chi connectivity index (χ1) is 9.40. The molecular formula is C15H10ClF3O. The highest BCUT2D eigenvalue weighted by Gasteiger charge is 2.32. The first-order valence-corrected chi connectivity index (χ1v) is 6.05. The van der Waals surface area contributed by atoms with E-state index >= 15 is 0 Å². The van der Waals surface area contributed by atoms with Crippen LogP contribution in [-0.4, -0.2) is 6.36 Å². The number of rotatable bonds is 3. The van der Waals surface area contributed by atoms with Crippen LogP contribution >= 0.6 is 11.6 Å². The molecule has 104 valence electrons. The standard InChI is InChI=1S/C15H10ClF3O/c1-2-10-7-8-11(9-14(10)20-15(17,18)19)12-5-3-4-6-13(12)16/h2-9H,1H2. The van der Waals surface area contributed by atoms with Gasteiger partial charge in [-0.15, -0.1) is 13.2 Å². The number of alkyl halides is 3. The molecule has 0 bridgehead atoms. The Morgan fingerprint density at radius 1 is 1.10 bits per heavy atom. The first-order valence-electron chi connectivity index (χ1n) is 5.68. The molecule has 0 spiro atoms. The van der Waals surface area contributed by atoms with Crippen LogP contribution in [0.2, 0.25) is 5.02 Å². The highest BCUT2D eigenvalue weighted by molar-refractivity contribution is 6.33. The van der Waals surface area contributed by atoms with Crippen LogP contribution < -0.4 is 4.74 Å². The van der Waals surface area contributed by atoms with Crippen molar-refractivity contribution < 1.29 is 17.9 Å². The fraction of sp³-hybridized carbons (Fsp3) is 0.0667. The maximum Gasteiger partial charge on any atom is 0.573 e. The van der Waals surface area contributed by atoms with Gasteiger partial charge in [0.05, 0.1) is 0 Å². The minimum atomic E-state index is -4.75. The van der Waals surface area contributed by atoms with E-state index in [1.165, 1.54) is 18.2 Å². The lowest BCUT2D eigenvalue weighted by atomic mass is 10.0. The maximum absolute atomic E-state index is 12.4. The quantitative estimate of drug-likeness (QED) is 0.722. The lowest BCUT2D eigenvalue weighted by Gasteiger charge is -2.13. The number of hydrogen-bond donors (Lipinski definition) is 0. The fourth-order valence-corrected chi connectivity index (χ4v) is 2.02. The molecule has 5 heteroatoms. The van der Waals surface area contributed by atoms with Gasteiger partial charge in [-0.25, -0.2) is 0 Å². The van der Waals surface area contributed by atoms with Crippen LogP contribution in [0.1, 0.15) is 5.56 Å². The van der Waals surface area contributed by atoms with Crippen molar-refractivity contribution in [3.05, 3.63) is 59.6 Å². The van der Waals surface area contributed by atoms with E-state index in [9.17, 15) is 13.2 Å². The molecule has 0 atom stereocenters. The lowest BCUT2D eigenvalue weighted by molar-refractivity contribution is -0.274. The summed E-state index contributed by atoms with van der Waals surface area (Å²) in [7, 11) is 0. The summed E-state index contributed by atoms with van der Waals surface area (Å²) in [5.41, 5.74) is 1.44. The molecule has 0 aliphatic carbocycles. The zero-order valence-electron chi connectivity index (χ0n) is 10.2. The van der Waals surface area contributed by atoms with Gasteiger partial charge in [0.1, 0.15) is 5.75 Å². The van der Waals surface area contributed by atoms with Gasteiger partial charge in [0.25, 0.3) is 0 Å². The van der Waals surface area contributed by atoms with Crippen LogP contribution in [-0.2, 0) is 0 Å². The van der Waals surface area contributed by atoms with E-state index in [0.29, 0.717) is 16.1 Å². The zero-order valence-corrected chi connectivity index (χ0v) is 11.0. The highest BCUT2D eigenvalue weighted by atomic mass is 35.5. The summed E-state index contributed by atoms with van der Waals surface area (Å²) < 4.78 is 41.2. The average Bonchev–Trinajstić information content (AvgIpc) is 2.37. The Balaban J connectivity index is 2.50. The van der Waals surface area contributed by atoms with Gasteiger partial charge in [0, 0.05) is 16.1 Å². The minimum absolute atomic E-state index is 0.262. The molecule has 0 saturated heterocycles. The molecule has 0 amide bonds. The largest absolute Gasteiger partial charge is 0.573 e. The van der Waals surface area contributed by atoms with Gasteiger partial charge in [-0.05, 0) is 17.7 Å². The van der Waals surface area contributed by atoms with Crippen molar-refractivity contribution in [2.24, 2.45) is 0 Å². The van der Waals surface area contributed by atoms with Gasteiger partial charge in [-0.1, -0.05) is 54.6 Å². The summed E-state index contributed by atoms with van der Waals surface area (Å²) in [6, 6.07) is 11.4. The van der Waals surface area contributed by atoms with Crippen molar-refractivity contribution in [3.8, 4) is 16.9 Å². The van der Waals surface area contributed by atoms with Crippen molar-refractivity contribution >= 4 is 17.7 Å². The number of halogens is 4. The lowest BCUT2D eigenvalue weighted by Crippen LogP contribution is -2.17. The topological polar surface area (TPSA) is 9.23 Å². The SMILES string of the molecule is C=Cc1ccc(-c2ccccc2Cl)cc1OC(F)(F)F. The van der Waals surface area contributed by atoms with Crippen LogP contribution in [0.4, 0.5) is 13.2 Å². The Hall–Kier alpha value is -1.94. The maximum atomic E-state index is 12.4. The Labute approximate surface area is 119 Å². The summed E-state index contributed by atoms with van der Waals surface area (Å²) in [5.74, 6) is -0.301. The molecule has 1 nitrogen and oxygen atoms in total. The van der Waals surface area contributed by atoms with Crippen LogP contribution in [0.15, 0.2) is 49.0 Å². The molecule has 0 heterocycles. The first kappa shape index (κ1) is 14.5. The van der Waals surface area contributed by atoms with Crippen LogP contribution in [0, 0.1) is 0 Å². The molecule has 20 heavy (non-hydrogen) atoms. The molecule has 0 aliphatic heterocycles. The van der Waals surface area contributed by atoms with Crippen LogP contribution in [0.5, 0.6) is 5.75 Å². The van der Waals surface area contributed by atoms with Gasteiger partial charge >= 0.3 is 6.36 Å². The molecular weight excluding hydrogens is 289 g/mol. The van der Waals surface area contributed by atoms with Crippen LogP contribution in [0.25, 0.3) is 17.2 Å². The Bertz CT molecular complexity index is 635. The minimum Gasteiger partial charge on any atom is -0.405 e. The third kappa shape index (κ3) is 3.33. The monoisotopic (exact) mass is 298 g/mol. The molecule has 0 fully saturated rings. The van der Waals surface area contributed by atoms with Gasteiger partial charge in [-0.3, -0.25) is 0 Å². The molecule has 2 aromatic rings. The highest BCUT2D eigenvalue weighted by Crippen LogP contribution is 2.34. The molecule has 2 rings (SSSR count). The number of ether oxygens (including phenoxy) is 1. The molecule has 0 aromatic heterocycles. The third-order valence-corrected chi connectivity index (χ3v) is 2.97. The fourth-order valence-electron chi connectivity index (χ4n) is 1.78. The van der Waals surface area contributed by atoms with Gasteiger partial charge in [0.15, 0.2) is 0 Å². The summed E-state index contributed by atoms with van der Waals surface area (Å²) in [6.07, 6.45) is -3.45. The van der Waals surface area contributed by atoms with Crippen molar-refractivity contribution in [1.82, 2.24) is 0 Å². The molecule has 0 saturated carbocycles. The van der Waals surface area contributed by atoms with Gasteiger partial charge < -0.3 is 4.74 Å². The van der Waals surface area contributed by atoms with Gasteiger partial charge in [0.2, 0.25) is 0 Å². The van der Waals surface area contributed by atoms with Crippen LogP contribution in [0.3, 0.4) is 0 Å². The third-order valence-electron chi connectivity index (χ3n) is 2.64. The van der Waals surface area contributed by atoms with Crippen molar-refractivity contribution in [2.45, 2.75) is 6.36 Å². The number of hydrogen-bond acceptors (Lipinski definition) is 1. The van der Waals surface area contributed by atoms with E-state index in [1.54, 1.807) is 30.3 Å². The number of benzene rings is 2. The molecule has 0 unspecified atom stereocenters. The van der Waals surface area contributed by atoms with Crippen molar-refractivity contribution in [3.63, 3.8) is 0 Å². The van der Waals surface area contributed by atoms with E-state index in [-0.39, 0.29) is 11.3 Å². The summed E-state index contributed by atoms with van der Waals surface area (Å²) in [4.78, 5) is 0. The summed E-state index contributed by atoms with van der Waals surface area (Å²) in [5, 5.41) is 0.455. The predicted molar refractivity (Wildman–Crippen MR) is 73.7 cm³/mol. The van der Waals surface area contributed by atoms with E-state index in [1.807, 2.05) is 0 Å². The Morgan fingerprint density at radius 2 is 1.80 bits per heavy atom.